The number of aliphatic hydroxyl groups excluding tert-OH is 1. The van der Waals surface area contributed by atoms with Crippen molar-refractivity contribution in [1.82, 2.24) is 0 Å². The van der Waals surface area contributed by atoms with E-state index < -0.39 is 6.10 Å². The van der Waals surface area contributed by atoms with Crippen LogP contribution in [0.5, 0.6) is 0 Å². The van der Waals surface area contributed by atoms with Crippen molar-refractivity contribution in [2.24, 2.45) is 0 Å². The van der Waals surface area contributed by atoms with Gasteiger partial charge in [0.15, 0.2) is 0 Å². The van der Waals surface area contributed by atoms with Gasteiger partial charge in [0, 0.05) is 20.2 Å². The standard InChI is InChI=1S/C17H14ClFOS/c1-9-5-13(14(18)6-10(9)2)17(20)16-7-11-3-4-12(19)8-15(11)21-16/h3-8,17,20H,1-2H3. The number of hydrogen-bond donors (Lipinski definition) is 1. The molecule has 108 valence electrons. The molecule has 4 heteroatoms. The zero-order chi connectivity index (χ0) is 15.1. The van der Waals surface area contributed by atoms with Crippen LogP contribution in [-0.4, -0.2) is 5.11 Å². The maximum absolute atomic E-state index is 13.3. The van der Waals surface area contributed by atoms with E-state index in [1.807, 2.05) is 32.0 Å². The molecule has 1 aromatic heterocycles. The molecule has 0 bridgehead atoms. The summed E-state index contributed by atoms with van der Waals surface area (Å²) in [5, 5.41) is 12.1. The van der Waals surface area contributed by atoms with Crippen molar-refractivity contribution in [3.8, 4) is 0 Å². The van der Waals surface area contributed by atoms with Crippen LogP contribution in [0.1, 0.15) is 27.7 Å². The molecule has 3 rings (SSSR count). The first-order valence-corrected chi connectivity index (χ1v) is 7.79. The molecule has 0 fully saturated rings. The van der Waals surface area contributed by atoms with Crippen molar-refractivity contribution in [2.45, 2.75) is 20.0 Å². The molecule has 21 heavy (non-hydrogen) atoms. The highest BCUT2D eigenvalue weighted by molar-refractivity contribution is 7.19. The molecule has 0 aliphatic carbocycles. The predicted molar refractivity (Wildman–Crippen MR) is 86.8 cm³/mol. The van der Waals surface area contributed by atoms with Crippen molar-refractivity contribution in [3.05, 3.63) is 68.8 Å². The number of aryl methyl sites for hydroxylation is 2. The molecule has 2 aromatic carbocycles. The van der Waals surface area contributed by atoms with Crippen molar-refractivity contribution in [3.63, 3.8) is 0 Å². The van der Waals surface area contributed by atoms with Crippen LogP contribution in [0.25, 0.3) is 10.1 Å². The van der Waals surface area contributed by atoms with Gasteiger partial charge in [-0.1, -0.05) is 23.7 Å². The van der Waals surface area contributed by atoms with Crippen LogP contribution in [0.2, 0.25) is 5.02 Å². The van der Waals surface area contributed by atoms with Crippen LogP contribution >= 0.6 is 22.9 Å². The highest BCUT2D eigenvalue weighted by atomic mass is 35.5. The Morgan fingerprint density at radius 1 is 1.10 bits per heavy atom. The molecule has 0 aliphatic rings. The summed E-state index contributed by atoms with van der Waals surface area (Å²) in [6, 6.07) is 10.3. The summed E-state index contributed by atoms with van der Waals surface area (Å²) in [6.45, 7) is 3.97. The summed E-state index contributed by atoms with van der Waals surface area (Å²) >= 11 is 7.64. The first-order valence-electron chi connectivity index (χ1n) is 6.59. The van der Waals surface area contributed by atoms with Gasteiger partial charge < -0.3 is 5.11 Å². The largest absolute Gasteiger partial charge is 0.383 e. The molecule has 0 spiro atoms. The van der Waals surface area contributed by atoms with Gasteiger partial charge in [0.05, 0.1) is 0 Å². The highest BCUT2D eigenvalue weighted by Gasteiger charge is 2.17. The molecule has 1 nitrogen and oxygen atoms in total. The van der Waals surface area contributed by atoms with Crippen molar-refractivity contribution in [1.29, 1.82) is 0 Å². The van der Waals surface area contributed by atoms with E-state index in [-0.39, 0.29) is 5.82 Å². The van der Waals surface area contributed by atoms with Gasteiger partial charge >= 0.3 is 0 Å². The van der Waals surface area contributed by atoms with Crippen molar-refractivity contribution < 1.29 is 9.50 Å². The van der Waals surface area contributed by atoms with E-state index in [9.17, 15) is 9.50 Å². The minimum Gasteiger partial charge on any atom is -0.383 e. The Balaban J connectivity index is 2.07. The highest BCUT2D eigenvalue weighted by Crippen LogP contribution is 2.36. The quantitative estimate of drug-likeness (QED) is 0.671. The van der Waals surface area contributed by atoms with Crippen molar-refractivity contribution in [2.75, 3.05) is 0 Å². The smallest absolute Gasteiger partial charge is 0.124 e. The van der Waals surface area contributed by atoms with Gasteiger partial charge in [0.2, 0.25) is 0 Å². The topological polar surface area (TPSA) is 20.2 Å². The number of aliphatic hydroxyl groups is 1. The van der Waals surface area contributed by atoms with E-state index in [0.29, 0.717) is 10.6 Å². The van der Waals surface area contributed by atoms with E-state index in [1.165, 1.54) is 23.5 Å². The summed E-state index contributed by atoms with van der Waals surface area (Å²) in [5.41, 5.74) is 2.86. The molecule has 1 atom stereocenters. The zero-order valence-electron chi connectivity index (χ0n) is 11.7. The molecule has 0 aliphatic heterocycles. The van der Waals surface area contributed by atoms with E-state index in [4.69, 9.17) is 11.6 Å². The summed E-state index contributed by atoms with van der Waals surface area (Å²) in [5.74, 6) is -0.269. The number of thiophene rings is 1. The second-order valence-corrected chi connectivity index (χ2v) is 6.71. The summed E-state index contributed by atoms with van der Waals surface area (Å²) in [7, 11) is 0. The lowest BCUT2D eigenvalue weighted by Gasteiger charge is -2.13. The number of fused-ring (bicyclic) bond motifs is 1. The Morgan fingerprint density at radius 3 is 2.57 bits per heavy atom. The summed E-state index contributed by atoms with van der Waals surface area (Å²) in [4.78, 5) is 0.765. The van der Waals surface area contributed by atoms with E-state index in [0.717, 1.165) is 26.1 Å². The van der Waals surface area contributed by atoms with E-state index >= 15 is 0 Å². The Hall–Kier alpha value is -1.42. The average molecular weight is 321 g/mol. The lowest BCUT2D eigenvalue weighted by molar-refractivity contribution is 0.224. The van der Waals surface area contributed by atoms with Gasteiger partial charge in [-0.15, -0.1) is 11.3 Å². The Bertz CT molecular complexity index is 825. The second-order valence-electron chi connectivity index (χ2n) is 5.19. The van der Waals surface area contributed by atoms with Crippen LogP contribution in [-0.2, 0) is 0 Å². The molecule has 3 aromatic rings. The third-order valence-corrected chi connectivity index (χ3v) is 5.16. The predicted octanol–water partition coefficient (Wildman–Crippen LogP) is 5.39. The number of hydrogen-bond acceptors (Lipinski definition) is 2. The van der Waals surface area contributed by atoms with Gasteiger partial charge in [-0.2, -0.15) is 0 Å². The molecular formula is C17H14ClFOS. The normalized spacial score (nSPS) is 12.8. The molecule has 1 N–H and O–H groups in total. The first-order chi connectivity index (χ1) is 9.95. The fourth-order valence-corrected chi connectivity index (χ4v) is 3.74. The molecule has 0 saturated heterocycles. The Labute approximate surface area is 131 Å². The molecule has 1 unspecified atom stereocenters. The third kappa shape index (κ3) is 2.69. The van der Waals surface area contributed by atoms with Crippen LogP contribution in [0.4, 0.5) is 4.39 Å². The lowest BCUT2D eigenvalue weighted by Crippen LogP contribution is -1.99. The molecule has 0 amide bonds. The Morgan fingerprint density at radius 2 is 1.81 bits per heavy atom. The molecular weight excluding hydrogens is 307 g/mol. The van der Waals surface area contributed by atoms with Crippen LogP contribution in [0.15, 0.2) is 36.4 Å². The SMILES string of the molecule is Cc1cc(Cl)c(C(O)c2cc3ccc(F)cc3s2)cc1C. The third-order valence-electron chi connectivity index (χ3n) is 3.68. The molecule has 0 radical (unpaired) electrons. The average Bonchev–Trinajstić information content (AvgIpc) is 2.85. The van der Waals surface area contributed by atoms with Gasteiger partial charge in [0.1, 0.15) is 11.9 Å². The zero-order valence-corrected chi connectivity index (χ0v) is 13.2. The first kappa shape index (κ1) is 14.5. The van der Waals surface area contributed by atoms with Gasteiger partial charge in [-0.05, 0) is 54.6 Å². The van der Waals surface area contributed by atoms with Crippen LogP contribution in [0.3, 0.4) is 0 Å². The maximum Gasteiger partial charge on any atom is 0.124 e. The number of benzene rings is 2. The van der Waals surface area contributed by atoms with E-state index in [1.54, 1.807) is 6.07 Å². The number of rotatable bonds is 2. The van der Waals surface area contributed by atoms with E-state index in [2.05, 4.69) is 0 Å². The van der Waals surface area contributed by atoms with Gasteiger partial charge in [-0.25, -0.2) is 4.39 Å². The fourth-order valence-electron chi connectivity index (χ4n) is 2.33. The second kappa shape index (κ2) is 5.41. The van der Waals surface area contributed by atoms with Gasteiger partial charge in [-0.3, -0.25) is 0 Å². The van der Waals surface area contributed by atoms with Gasteiger partial charge in [0.25, 0.3) is 0 Å². The monoisotopic (exact) mass is 320 g/mol. The minimum atomic E-state index is -0.794. The molecule has 0 saturated carbocycles. The van der Waals surface area contributed by atoms with Crippen LogP contribution in [0, 0.1) is 19.7 Å². The fraction of sp³-hybridized carbons (Fsp3) is 0.176. The van der Waals surface area contributed by atoms with Crippen LogP contribution < -0.4 is 0 Å². The summed E-state index contributed by atoms with van der Waals surface area (Å²) < 4.78 is 14.1. The lowest BCUT2D eigenvalue weighted by atomic mass is 10.0. The Kier molecular flexibility index (Phi) is 3.74. The molecule has 1 heterocycles. The minimum absolute atomic E-state index is 0.269. The summed E-state index contributed by atoms with van der Waals surface area (Å²) in [6.07, 6.45) is -0.794. The van der Waals surface area contributed by atoms with Crippen molar-refractivity contribution >= 4 is 33.0 Å². The number of halogens is 2. The maximum atomic E-state index is 13.3.